The first kappa shape index (κ1) is 14.4. The topological polar surface area (TPSA) is 95.5 Å². The van der Waals surface area contributed by atoms with E-state index in [0.717, 1.165) is 17.9 Å². The molecule has 1 saturated carbocycles. The molecule has 0 radical (unpaired) electrons. The van der Waals surface area contributed by atoms with Crippen LogP contribution in [0.5, 0.6) is 0 Å². The van der Waals surface area contributed by atoms with Crippen molar-refractivity contribution in [3.8, 4) is 0 Å². The minimum Gasteiger partial charge on any atom is -0.477 e. The Balaban J connectivity index is 1.80. The Morgan fingerprint density at radius 3 is 2.74 bits per heavy atom. The summed E-state index contributed by atoms with van der Waals surface area (Å²) in [5.41, 5.74) is 0. The smallest absolute Gasteiger partial charge is 0.345 e. The second kappa shape index (κ2) is 6.00. The molecule has 0 unspecified atom stereocenters. The van der Waals surface area contributed by atoms with Crippen molar-refractivity contribution in [1.29, 1.82) is 0 Å². The van der Waals surface area contributed by atoms with Gasteiger partial charge in [0.1, 0.15) is 4.88 Å². The van der Waals surface area contributed by atoms with E-state index in [4.69, 9.17) is 5.11 Å². The first-order chi connectivity index (χ1) is 8.99. The van der Waals surface area contributed by atoms with Gasteiger partial charge in [0.05, 0.1) is 4.90 Å². The first-order valence-corrected chi connectivity index (χ1v) is 8.40. The maximum atomic E-state index is 11.9. The molecule has 0 spiro atoms. The fourth-order valence-electron chi connectivity index (χ4n) is 1.54. The minimum absolute atomic E-state index is 0.0186. The highest BCUT2D eigenvalue weighted by atomic mass is 32.2. The van der Waals surface area contributed by atoms with E-state index >= 15 is 0 Å². The third kappa shape index (κ3) is 4.27. The van der Waals surface area contributed by atoms with Crippen LogP contribution in [0.4, 0.5) is 0 Å². The third-order valence-electron chi connectivity index (χ3n) is 2.75. The van der Waals surface area contributed by atoms with Gasteiger partial charge in [-0.25, -0.2) is 17.9 Å². The van der Waals surface area contributed by atoms with E-state index in [9.17, 15) is 13.2 Å². The number of thiophene rings is 1. The number of nitrogens with one attached hydrogen (secondary N) is 2. The molecule has 1 aromatic rings. The average Bonchev–Trinajstić information content (AvgIpc) is 3.01. The number of carboxylic acid groups (broad SMARTS) is 1. The van der Waals surface area contributed by atoms with Crippen LogP contribution in [-0.2, 0) is 10.0 Å². The third-order valence-corrected chi connectivity index (χ3v) is 5.26. The van der Waals surface area contributed by atoms with Gasteiger partial charge in [-0.2, -0.15) is 0 Å². The number of hydrogen-bond acceptors (Lipinski definition) is 5. The molecule has 0 aromatic carbocycles. The van der Waals surface area contributed by atoms with Crippen molar-refractivity contribution in [2.24, 2.45) is 0 Å². The summed E-state index contributed by atoms with van der Waals surface area (Å²) in [6, 6.07) is 1.80. The summed E-state index contributed by atoms with van der Waals surface area (Å²) < 4.78 is 26.2. The second-order valence-corrected chi connectivity index (χ2v) is 7.11. The van der Waals surface area contributed by atoms with Gasteiger partial charge in [-0.1, -0.05) is 0 Å². The Bertz CT molecular complexity index is 549. The van der Waals surface area contributed by atoms with Gasteiger partial charge in [0.2, 0.25) is 10.0 Å². The zero-order chi connectivity index (χ0) is 13.9. The van der Waals surface area contributed by atoms with Crippen LogP contribution >= 0.6 is 11.3 Å². The van der Waals surface area contributed by atoms with E-state index in [0.29, 0.717) is 19.0 Å². The lowest BCUT2D eigenvalue weighted by atomic mass is 10.4. The summed E-state index contributed by atoms with van der Waals surface area (Å²) in [4.78, 5) is 10.7. The van der Waals surface area contributed by atoms with E-state index in [-0.39, 0.29) is 9.77 Å². The van der Waals surface area contributed by atoms with Gasteiger partial charge in [0.25, 0.3) is 0 Å². The van der Waals surface area contributed by atoms with Gasteiger partial charge in [-0.05, 0) is 31.9 Å². The molecular formula is C11H16N2O4S2. The molecule has 1 aromatic heterocycles. The van der Waals surface area contributed by atoms with Crippen LogP contribution in [0.3, 0.4) is 0 Å². The van der Waals surface area contributed by atoms with Crippen molar-refractivity contribution in [3.63, 3.8) is 0 Å². The summed E-state index contributed by atoms with van der Waals surface area (Å²) in [7, 11) is -3.59. The maximum absolute atomic E-state index is 11.9. The molecule has 106 valence electrons. The molecule has 0 saturated heterocycles. The lowest BCUT2D eigenvalue weighted by Gasteiger charge is -2.05. The number of carbonyl (C=O) groups is 1. The van der Waals surface area contributed by atoms with Crippen LogP contribution in [-0.4, -0.2) is 38.6 Å². The lowest BCUT2D eigenvalue weighted by molar-refractivity contribution is 0.0702. The van der Waals surface area contributed by atoms with Gasteiger partial charge in [0, 0.05) is 18.0 Å². The van der Waals surface area contributed by atoms with Gasteiger partial charge in [0.15, 0.2) is 0 Å². The molecule has 8 heteroatoms. The highest BCUT2D eigenvalue weighted by Crippen LogP contribution is 2.19. The summed E-state index contributed by atoms with van der Waals surface area (Å²) >= 11 is 0.909. The van der Waals surface area contributed by atoms with E-state index < -0.39 is 16.0 Å². The number of hydrogen-bond donors (Lipinski definition) is 3. The maximum Gasteiger partial charge on any atom is 0.345 e. The predicted molar refractivity (Wildman–Crippen MR) is 72.1 cm³/mol. The van der Waals surface area contributed by atoms with E-state index in [2.05, 4.69) is 10.0 Å². The zero-order valence-electron chi connectivity index (χ0n) is 10.3. The van der Waals surface area contributed by atoms with Crippen molar-refractivity contribution in [3.05, 3.63) is 16.3 Å². The van der Waals surface area contributed by atoms with Gasteiger partial charge >= 0.3 is 5.97 Å². The molecule has 1 heterocycles. The Morgan fingerprint density at radius 1 is 1.42 bits per heavy atom. The van der Waals surface area contributed by atoms with Gasteiger partial charge in [-0.3, -0.25) is 0 Å². The van der Waals surface area contributed by atoms with Crippen LogP contribution in [0.2, 0.25) is 0 Å². The number of carboxylic acids is 1. The van der Waals surface area contributed by atoms with Crippen LogP contribution < -0.4 is 10.0 Å². The number of sulfonamides is 1. The largest absolute Gasteiger partial charge is 0.477 e. The highest BCUT2D eigenvalue weighted by Gasteiger charge is 2.20. The molecule has 0 atom stereocenters. The first-order valence-electron chi connectivity index (χ1n) is 6.04. The summed E-state index contributed by atoms with van der Waals surface area (Å²) in [6.45, 7) is 1.14. The Kier molecular flexibility index (Phi) is 4.56. The summed E-state index contributed by atoms with van der Waals surface area (Å²) in [5, 5.41) is 13.4. The van der Waals surface area contributed by atoms with Crippen LogP contribution in [0, 0.1) is 0 Å². The van der Waals surface area contributed by atoms with Crippen LogP contribution in [0.15, 0.2) is 16.3 Å². The lowest BCUT2D eigenvalue weighted by Crippen LogP contribution is -2.27. The molecule has 2 rings (SSSR count). The molecule has 19 heavy (non-hydrogen) atoms. The molecule has 0 aliphatic heterocycles. The summed E-state index contributed by atoms with van der Waals surface area (Å²) in [6.07, 6.45) is 3.13. The van der Waals surface area contributed by atoms with Crippen molar-refractivity contribution < 1.29 is 18.3 Å². The number of rotatable bonds is 8. The Hall–Kier alpha value is -0.960. The SMILES string of the molecule is O=C(O)c1cc(S(=O)(=O)NCCCNC2CC2)cs1. The molecule has 1 aliphatic rings. The fourth-order valence-corrected chi connectivity index (χ4v) is 3.73. The quantitative estimate of drug-likeness (QED) is 0.619. The van der Waals surface area contributed by atoms with Crippen LogP contribution in [0.25, 0.3) is 0 Å². The van der Waals surface area contributed by atoms with Gasteiger partial charge < -0.3 is 10.4 Å². The normalized spacial score (nSPS) is 15.6. The zero-order valence-corrected chi connectivity index (χ0v) is 11.9. The molecular weight excluding hydrogens is 288 g/mol. The standard InChI is InChI=1S/C11H16N2O4S2/c14-11(15)10-6-9(7-18-10)19(16,17)13-5-1-4-12-8-2-3-8/h6-8,12-13H,1-5H2,(H,14,15). The van der Waals surface area contributed by atoms with E-state index in [1.54, 1.807) is 0 Å². The molecule has 6 nitrogen and oxygen atoms in total. The monoisotopic (exact) mass is 304 g/mol. The molecule has 1 aliphatic carbocycles. The molecule has 0 amide bonds. The van der Waals surface area contributed by atoms with Crippen molar-refractivity contribution in [2.75, 3.05) is 13.1 Å². The van der Waals surface area contributed by atoms with Crippen molar-refractivity contribution in [1.82, 2.24) is 10.0 Å². The Labute approximate surface area is 115 Å². The Morgan fingerprint density at radius 2 is 2.16 bits per heavy atom. The minimum atomic E-state index is -3.59. The molecule has 0 bridgehead atoms. The molecule has 3 N–H and O–H groups in total. The average molecular weight is 304 g/mol. The van der Waals surface area contributed by atoms with E-state index in [1.807, 2.05) is 0 Å². The van der Waals surface area contributed by atoms with E-state index in [1.165, 1.54) is 24.3 Å². The van der Waals surface area contributed by atoms with Crippen molar-refractivity contribution in [2.45, 2.75) is 30.2 Å². The van der Waals surface area contributed by atoms with Crippen molar-refractivity contribution >= 4 is 27.3 Å². The molecule has 1 fully saturated rings. The predicted octanol–water partition coefficient (Wildman–Crippen LogP) is 0.867. The highest BCUT2D eigenvalue weighted by molar-refractivity contribution is 7.89. The fraction of sp³-hybridized carbons (Fsp3) is 0.545. The van der Waals surface area contributed by atoms with Crippen LogP contribution in [0.1, 0.15) is 28.9 Å². The van der Waals surface area contributed by atoms with Gasteiger partial charge in [-0.15, -0.1) is 11.3 Å². The number of aromatic carboxylic acids is 1. The second-order valence-electron chi connectivity index (χ2n) is 4.43. The summed E-state index contributed by atoms with van der Waals surface area (Å²) in [5.74, 6) is -1.11.